The second-order valence-electron chi connectivity index (χ2n) is 6.97. The topological polar surface area (TPSA) is 81.1 Å². The summed E-state index contributed by atoms with van der Waals surface area (Å²) in [6.07, 6.45) is 0. The molecular formula is C21H22BrN5O2S. The number of aromatic nitrogens is 3. The maximum atomic E-state index is 13.3. The number of rotatable bonds is 5. The highest BCUT2D eigenvalue weighted by Gasteiger charge is 2.37. The summed E-state index contributed by atoms with van der Waals surface area (Å²) >= 11 is 4.90. The second-order valence-corrected chi connectivity index (χ2v) is 8.93. The molecule has 4 rings (SSSR count). The van der Waals surface area contributed by atoms with Crippen LogP contribution in [0.4, 0.5) is 5.69 Å². The summed E-state index contributed by atoms with van der Waals surface area (Å²) < 4.78 is 8.39. The molecule has 2 atom stereocenters. The van der Waals surface area contributed by atoms with Gasteiger partial charge in [-0.25, -0.2) is 4.68 Å². The lowest BCUT2D eigenvalue weighted by Crippen LogP contribution is -2.41. The molecule has 3 aromatic rings. The molecule has 30 heavy (non-hydrogen) atoms. The number of aryl methyl sites for hydroxylation is 2. The van der Waals surface area contributed by atoms with Crippen molar-refractivity contribution in [2.75, 3.05) is 17.3 Å². The van der Waals surface area contributed by atoms with Crippen LogP contribution >= 0.6 is 27.7 Å². The molecule has 0 saturated carbocycles. The van der Waals surface area contributed by atoms with E-state index in [1.165, 1.54) is 11.8 Å². The quantitative estimate of drug-likeness (QED) is 0.552. The summed E-state index contributed by atoms with van der Waals surface area (Å²) in [4.78, 5) is 13.3. The molecule has 2 heterocycles. The number of amides is 1. The minimum atomic E-state index is -0.428. The van der Waals surface area contributed by atoms with Gasteiger partial charge in [0.25, 0.3) is 0 Å². The standard InChI is InChI=1S/C21H22BrN5O2S/c1-4-29-16-8-5-14(6-9-16)18-19(30-21-25-24-13(3)27(21)26-18)20(28)23-15-7-10-17(22)12(2)11-15/h5-11,18-19,26H,4H2,1-3H3,(H,23,28)/t18-,19-/m0/s1. The van der Waals surface area contributed by atoms with Gasteiger partial charge < -0.3 is 15.5 Å². The Balaban J connectivity index is 1.63. The molecule has 1 aliphatic heterocycles. The maximum absolute atomic E-state index is 13.3. The first kappa shape index (κ1) is 20.7. The number of hydrogen-bond donors (Lipinski definition) is 2. The number of nitrogens with zero attached hydrogens (tertiary/aromatic N) is 3. The summed E-state index contributed by atoms with van der Waals surface area (Å²) in [5, 5.41) is 11.6. The first-order valence-corrected chi connectivity index (χ1v) is 11.3. The molecule has 0 aliphatic carbocycles. The van der Waals surface area contributed by atoms with Crippen LogP contribution in [0.15, 0.2) is 52.1 Å². The Bertz CT molecular complexity index is 1070. The van der Waals surface area contributed by atoms with Gasteiger partial charge in [0.1, 0.15) is 16.8 Å². The van der Waals surface area contributed by atoms with Gasteiger partial charge in [0, 0.05) is 10.2 Å². The van der Waals surface area contributed by atoms with E-state index < -0.39 is 5.25 Å². The fourth-order valence-electron chi connectivity index (χ4n) is 3.28. The van der Waals surface area contributed by atoms with Crippen molar-refractivity contribution >= 4 is 39.3 Å². The Kier molecular flexibility index (Phi) is 6.01. The van der Waals surface area contributed by atoms with Gasteiger partial charge in [-0.15, -0.1) is 10.2 Å². The third-order valence-corrected chi connectivity index (χ3v) is 6.94. The summed E-state index contributed by atoms with van der Waals surface area (Å²) in [6, 6.07) is 13.3. The zero-order chi connectivity index (χ0) is 21.3. The van der Waals surface area contributed by atoms with Gasteiger partial charge in [-0.1, -0.05) is 39.8 Å². The number of ether oxygens (including phenoxy) is 1. The molecule has 1 amide bonds. The van der Waals surface area contributed by atoms with Crippen LogP contribution in [0, 0.1) is 13.8 Å². The molecule has 0 spiro atoms. The molecule has 1 aliphatic rings. The van der Waals surface area contributed by atoms with E-state index in [0.717, 1.165) is 32.9 Å². The van der Waals surface area contributed by atoms with Gasteiger partial charge in [-0.3, -0.25) is 4.79 Å². The highest BCUT2D eigenvalue weighted by Crippen LogP contribution is 2.38. The SMILES string of the molecule is CCOc1ccc([C@@H]2Nn3c(C)nnc3S[C@@H]2C(=O)Nc2ccc(Br)c(C)c2)cc1. The Morgan fingerprint density at radius 1 is 1.23 bits per heavy atom. The van der Waals surface area contributed by atoms with Crippen LogP contribution in [0.3, 0.4) is 0 Å². The van der Waals surface area contributed by atoms with Gasteiger partial charge in [-0.2, -0.15) is 0 Å². The van der Waals surface area contributed by atoms with E-state index in [0.29, 0.717) is 11.8 Å². The van der Waals surface area contributed by atoms with Crippen molar-refractivity contribution in [1.82, 2.24) is 14.9 Å². The van der Waals surface area contributed by atoms with E-state index in [1.54, 1.807) is 0 Å². The predicted molar refractivity (Wildman–Crippen MR) is 122 cm³/mol. The van der Waals surface area contributed by atoms with E-state index in [-0.39, 0.29) is 11.9 Å². The Labute approximate surface area is 187 Å². The third kappa shape index (κ3) is 4.17. The van der Waals surface area contributed by atoms with Gasteiger partial charge in [0.2, 0.25) is 11.1 Å². The van der Waals surface area contributed by atoms with E-state index in [1.807, 2.05) is 67.9 Å². The van der Waals surface area contributed by atoms with E-state index in [2.05, 4.69) is 36.9 Å². The Hall–Kier alpha value is -2.52. The lowest BCUT2D eigenvalue weighted by Gasteiger charge is -2.32. The number of nitrogens with one attached hydrogen (secondary N) is 2. The van der Waals surface area contributed by atoms with Crippen molar-refractivity contribution in [3.05, 3.63) is 63.9 Å². The fourth-order valence-corrected chi connectivity index (χ4v) is 4.66. The molecule has 2 N–H and O–H groups in total. The highest BCUT2D eigenvalue weighted by atomic mass is 79.9. The number of thioether (sulfide) groups is 1. The number of hydrogen-bond acceptors (Lipinski definition) is 6. The third-order valence-electron chi connectivity index (χ3n) is 4.83. The first-order valence-electron chi connectivity index (χ1n) is 9.61. The maximum Gasteiger partial charge on any atom is 0.240 e. The minimum absolute atomic E-state index is 0.0972. The van der Waals surface area contributed by atoms with Crippen LogP contribution in [-0.4, -0.2) is 32.6 Å². The lowest BCUT2D eigenvalue weighted by molar-refractivity contribution is -0.116. The molecule has 0 bridgehead atoms. The van der Waals surface area contributed by atoms with Gasteiger partial charge >= 0.3 is 0 Å². The summed E-state index contributed by atoms with van der Waals surface area (Å²) in [5.41, 5.74) is 6.21. The number of carbonyl (C=O) groups excluding carboxylic acids is 1. The number of anilines is 1. The van der Waals surface area contributed by atoms with E-state index >= 15 is 0 Å². The average molecular weight is 488 g/mol. The number of benzene rings is 2. The summed E-state index contributed by atoms with van der Waals surface area (Å²) in [5.74, 6) is 1.45. The van der Waals surface area contributed by atoms with Crippen molar-refractivity contribution in [2.24, 2.45) is 0 Å². The normalized spacial score (nSPS) is 17.7. The van der Waals surface area contributed by atoms with Crippen LogP contribution in [0.2, 0.25) is 0 Å². The smallest absolute Gasteiger partial charge is 0.240 e. The number of carbonyl (C=O) groups is 1. The zero-order valence-electron chi connectivity index (χ0n) is 16.8. The molecule has 0 unspecified atom stereocenters. The average Bonchev–Trinajstić information content (AvgIpc) is 3.11. The number of fused-ring (bicyclic) bond motifs is 1. The van der Waals surface area contributed by atoms with Crippen LogP contribution in [0.1, 0.15) is 29.9 Å². The summed E-state index contributed by atoms with van der Waals surface area (Å²) in [6.45, 7) is 6.43. The molecule has 7 nitrogen and oxygen atoms in total. The van der Waals surface area contributed by atoms with Gasteiger partial charge in [0.15, 0.2) is 0 Å². The minimum Gasteiger partial charge on any atom is -0.494 e. The molecule has 0 saturated heterocycles. The fraction of sp³-hybridized carbons (Fsp3) is 0.286. The van der Waals surface area contributed by atoms with Crippen LogP contribution < -0.4 is 15.5 Å². The van der Waals surface area contributed by atoms with Crippen LogP contribution in [0.5, 0.6) is 5.75 Å². The van der Waals surface area contributed by atoms with Crippen LogP contribution in [0.25, 0.3) is 0 Å². The molecule has 156 valence electrons. The van der Waals surface area contributed by atoms with Crippen molar-refractivity contribution in [2.45, 2.75) is 37.2 Å². The highest BCUT2D eigenvalue weighted by molar-refractivity contribution is 9.10. The molecular weight excluding hydrogens is 466 g/mol. The van der Waals surface area contributed by atoms with E-state index in [9.17, 15) is 4.79 Å². The second kappa shape index (κ2) is 8.69. The molecule has 9 heteroatoms. The van der Waals surface area contributed by atoms with Crippen molar-refractivity contribution in [3.63, 3.8) is 0 Å². The Morgan fingerprint density at radius 3 is 2.70 bits per heavy atom. The zero-order valence-corrected chi connectivity index (χ0v) is 19.3. The molecule has 2 aromatic carbocycles. The van der Waals surface area contributed by atoms with Crippen LogP contribution in [-0.2, 0) is 4.79 Å². The van der Waals surface area contributed by atoms with Crippen molar-refractivity contribution in [3.8, 4) is 5.75 Å². The lowest BCUT2D eigenvalue weighted by atomic mass is 10.0. The molecule has 0 fully saturated rings. The van der Waals surface area contributed by atoms with E-state index in [4.69, 9.17) is 4.74 Å². The van der Waals surface area contributed by atoms with Gasteiger partial charge in [0.05, 0.1) is 12.6 Å². The molecule has 0 radical (unpaired) electrons. The first-order chi connectivity index (χ1) is 14.5. The largest absolute Gasteiger partial charge is 0.494 e. The van der Waals surface area contributed by atoms with Crippen molar-refractivity contribution in [1.29, 1.82) is 0 Å². The Morgan fingerprint density at radius 2 is 2.00 bits per heavy atom. The predicted octanol–water partition coefficient (Wildman–Crippen LogP) is 4.45. The number of halogens is 1. The summed E-state index contributed by atoms with van der Waals surface area (Å²) in [7, 11) is 0. The molecule has 1 aromatic heterocycles. The van der Waals surface area contributed by atoms with Crippen molar-refractivity contribution < 1.29 is 9.53 Å². The monoisotopic (exact) mass is 487 g/mol. The van der Waals surface area contributed by atoms with Gasteiger partial charge in [-0.05, 0) is 62.2 Å².